The van der Waals surface area contributed by atoms with E-state index in [1.807, 2.05) is 12.2 Å². The first-order valence-electron chi connectivity index (χ1n) is 10.8. The maximum absolute atomic E-state index is 12.4. The summed E-state index contributed by atoms with van der Waals surface area (Å²) in [6, 6.07) is 6.98. The van der Waals surface area contributed by atoms with E-state index in [0.717, 1.165) is 0 Å². The minimum atomic E-state index is -1.08. The molecular weight excluding hydrogens is 436 g/mol. The van der Waals surface area contributed by atoms with Gasteiger partial charge in [0.15, 0.2) is 0 Å². The average Bonchev–Trinajstić information content (AvgIpc) is 3.33. The number of aliphatic carboxylic acids is 1. The number of ketones is 1. The number of hydrogen-bond acceptors (Lipinski definition) is 6. The monoisotopic (exact) mass is 464 g/mol. The second kappa shape index (κ2) is 11.6. The second-order valence-electron chi connectivity index (χ2n) is 8.03. The van der Waals surface area contributed by atoms with Crippen LogP contribution in [0.1, 0.15) is 32.1 Å². The van der Waals surface area contributed by atoms with Gasteiger partial charge in [0.05, 0.1) is 19.3 Å². The van der Waals surface area contributed by atoms with Crippen molar-refractivity contribution >= 4 is 23.4 Å². The third-order valence-corrected chi connectivity index (χ3v) is 5.91. The van der Waals surface area contributed by atoms with Crippen molar-refractivity contribution in [2.45, 2.75) is 44.0 Å². The van der Waals surface area contributed by atoms with Crippen molar-refractivity contribution in [2.24, 2.45) is 11.8 Å². The molecule has 1 saturated heterocycles. The summed E-state index contributed by atoms with van der Waals surface area (Å²) in [4.78, 5) is 23.0. The topological polar surface area (TPSA) is 102 Å². The molecule has 2 N–H and O–H groups in total. The summed E-state index contributed by atoms with van der Waals surface area (Å²) in [6.07, 6.45) is 8.50. The lowest BCUT2D eigenvalue weighted by molar-refractivity contribution is -0.139. The molecule has 1 aromatic carbocycles. The van der Waals surface area contributed by atoms with E-state index in [2.05, 4.69) is 0 Å². The molecule has 0 spiro atoms. The van der Waals surface area contributed by atoms with Crippen LogP contribution in [0, 0.1) is 11.8 Å². The van der Waals surface area contributed by atoms with Crippen molar-refractivity contribution in [3.63, 3.8) is 0 Å². The third kappa shape index (κ3) is 6.90. The summed E-state index contributed by atoms with van der Waals surface area (Å²) in [5, 5.41) is 19.7. The van der Waals surface area contributed by atoms with Gasteiger partial charge >= 0.3 is 5.97 Å². The number of carboxylic acid groups (broad SMARTS) is 1. The van der Waals surface area contributed by atoms with E-state index in [4.69, 9.17) is 30.9 Å². The molecule has 0 radical (unpaired) electrons. The average molecular weight is 465 g/mol. The van der Waals surface area contributed by atoms with Crippen LogP contribution in [0.4, 0.5) is 0 Å². The molecule has 2 fully saturated rings. The van der Waals surface area contributed by atoms with Crippen molar-refractivity contribution in [3.8, 4) is 5.75 Å². The van der Waals surface area contributed by atoms with Crippen molar-refractivity contribution in [1.82, 2.24) is 0 Å². The number of hydrogen-bond donors (Lipinski definition) is 2. The number of allylic oxidation sites excluding steroid dienone is 2. The van der Waals surface area contributed by atoms with Crippen LogP contribution in [0.2, 0.25) is 5.02 Å². The number of rotatable bonds is 11. The number of unbranched alkanes of at least 4 members (excludes halogenated alkanes) is 1. The predicted molar refractivity (Wildman–Crippen MR) is 119 cm³/mol. The summed E-state index contributed by atoms with van der Waals surface area (Å²) in [7, 11) is 0. The zero-order chi connectivity index (χ0) is 23.0. The number of aliphatic hydroxyl groups excluding tert-OH is 1. The highest BCUT2D eigenvalue weighted by molar-refractivity contribution is 6.30. The molecule has 3 atom stereocenters. The Morgan fingerprint density at radius 3 is 2.62 bits per heavy atom. The van der Waals surface area contributed by atoms with E-state index in [9.17, 15) is 14.7 Å². The van der Waals surface area contributed by atoms with Crippen molar-refractivity contribution in [3.05, 3.63) is 53.6 Å². The quantitative estimate of drug-likeness (QED) is 0.379. The molecule has 2 aliphatic rings. The van der Waals surface area contributed by atoms with E-state index in [1.165, 1.54) is 0 Å². The first-order chi connectivity index (χ1) is 15.4. The smallest absolute Gasteiger partial charge is 0.303 e. The lowest BCUT2D eigenvalue weighted by Gasteiger charge is -2.25. The first-order valence-corrected chi connectivity index (χ1v) is 11.2. The van der Waals surface area contributed by atoms with E-state index in [1.54, 1.807) is 36.4 Å². The van der Waals surface area contributed by atoms with Gasteiger partial charge in [-0.1, -0.05) is 29.8 Å². The molecule has 0 unspecified atom stereocenters. The molecule has 3 rings (SSSR count). The molecule has 7 nitrogen and oxygen atoms in total. The number of carbonyl (C=O) groups excluding carboxylic acids is 1. The number of carbonyl (C=O) groups is 2. The summed E-state index contributed by atoms with van der Waals surface area (Å²) in [5.41, 5.74) is 0. The Labute approximate surface area is 192 Å². The standard InChI is InChI=1S/C24H29ClO7/c25-17-7-9-18(10-8-17)30-16-24(31-13-14-32-24)12-11-20-19(21(26)15-22(20)27)5-3-1-2-4-6-23(28)29/h1,3,7-12,19-20,22,27H,2,4-6,13-16H2,(H,28,29)/b3-1-,12-11+/t19-,20-,22-/m1/s1. The number of aliphatic hydroxyl groups is 1. The molecule has 0 amide bonds. The summed E-state index contributed by atoms with van der Waals surface area (Å²) in [6.45, 7) is 0.960. The molecule has 1 aliphatic carbocycles. The van der Waals surface area contributed by atoms with Gasteiger partial charge in [-0.15, -0.1) is 0 Å². The minimum Gasteiger partial charge on any atom is -0.488 e. The molecule has 1 aromatic rings. The van der Waals surface area contributed by atoms with E-state index in [-0.39, 0.29) is 37.1 Å². The Hall–Kier alpha value is -2.19. The van der Waals surface area contributed by atoms with Gasteiger partial charge in [0.2, 0.25) is 5.79 Å². The Bertz CT molecular complexity index is 827. The summed E-state index contributed by atoms with van der Waals surface area (Å²) in [5.74, 6) is -1.95. The number of benzene rings is 1. The van der Waals surface area contributed by atoms with Gasteiger partial charge in [-0.3, -0.25) is 9.59 Å². The molecule has 174 valence electrons. The van der Waals surface area contributed by atoms with Crippen LogP contribution >= 0.6 is 11.6 Å². The highest BCUT2D eigenvalue weighted by atomic mass is 35.5. The van der Waals surface area contributed by atoms with E-state index < -0.39 is 17.9 Å². The fourth-order valence-electron chi connectivity index (χ4n) is 3.93. The van der Waals surface area contributed by atoms with Crippen LogP contribution < -0.4 is 4.74 Å². The van der Waals surface area contributed by atoms with Crippen LogP contribution in [-0.2, 0) is 19.1 Å². The zero-order valence-electron chi connectivity index (χ0n) is 17.8. The molecule has 1 heterocycles. The molecule has 32 heavy (non-hydrogen) atoms. The van der Waals surface area contributed by atoms with Gasteiger partial charge in [0, 0.05) is 29.7 Å². The fraction of sp³-hybridized carbons (Fsp3) is 0.500. The number of ether oxygens (including phenoxy) is 3. The highest BCUT2D eigenvalue weighted by Crippen LogP contribution is 2.35. The highest BCUT2D eigenvalue weighted by Gasteiger charge is 2.41. The van der Waals surface area contributed by atoms with Crippen LogP contribution in [-0.4, -0.2) is 53.7 Å². The molecule has 0 aromatic heterocycles. The first kappa shape index (κ1) is 24.5. The predicted octanol–water partition coefficient (Wildman–Crippen LogP) is 3.79. The van der Waals surface area contributed by atoms with Crippen molar-refractivity contribution in [1.29, 1.82) is 0 Å². The summed E-state index contributed by atoms with van der Waals surface area (Å²) >= 11 is 5.91. The molecule has 8 heteroatoms. The lowest BCUT2D eigenvalue weighted by Crippen LogP contribution is -2.35. The second-order valence-corrected chi connectivity index (χ2v) is 8.46. The SMILES string of the molecule is O=C(O)CCC/C=C\C[C@H]1C(=O)C[C@@H](O)[C@@H]1/C=C/C1(COc2ccc(Cl)cc2)OCCO1. The van der Waals surface area contributed by atoms with Crippen molar-refractivity contribution in [2.75, 3.05) is 19.8 Å². The fourth-order valence-corrected chi connectivity index (χ4v) is 4.06. The van der Waals surface area contributed by atoms with Crippen LogP contribution in [0.3, 0.4) is 0 Å². The Balaban J connectivity index is 1.61. The lowest BCUT2D eigenvalue weighted by atomic mass is 9.90. The zero-order valence-corrected chi connectivity index (χ0v) is 18.6. The van der Waals surface area contributed by atoms with Crippen LogP contribution in [0.15, 0.2) is 48.6 Å². The van der Waals surface area contributed by atoms with Gasteiger partial charge in [-0.05, 0) is 49.6 Å². The molecule has 1 aliphatic heterocycles. The molecule has 1 saturated carbocycles. The van der Waals surface area contributed by atoms with Gasteiger partial charge in [-0.2, -0.15) is 0 Å². The van der Waals surface area contributed by atoms with Gasteiger partial charge < -0.3 is 24.4 Å². The maximum atomic E-state index is 12.4. The van der Waals surface area contributed by atoms with Gasteiger partial charge in [0.25, 0.3) is 0 Å². The van der Waals surface area contributed by atoms with E-state index in [0.29, 0.717) is 43.2 Å². The van der Waals surface area contributed by atoms with E-state index >= 15 is 0 Å². The molecule has 0 bridgehead atoms. The third-order valence-electron chi connectivity index (χ3n) is 5.65. The number of carboxylic acids is 1. The largest absolute Gasteiger partial charge is 0.488 e. The van der Waals surface area contributed by atoms with Gasteiger partial charge in [0.1, 0.15) is 18.1 Å². The Morgan fingerprint density at radius 2 is 1.94 bits per heavy atom. The Morgan fingerprint density at radius 1 is 1.22 bits per heavy atom. The molecular formula is C24H29ClO7. The Kier molecular flexibility index (Phi) is 8.87. The maximum Gasteiger partial charge on any atom is 0.303 e. The number of Topliss-reactive ketones (excluding diaryl/α,β-unsaturated/α-hetero) is 1. The summed E-state index contributed by atoms with van der Waals surface area (Å²) < 4.78 is 17.4. The minimum absolute atomic E-state index is 0.0158. The van der Waals surface area contributed by atoms with Crippen molar-refractivity contribution < 1.29 is 34.0 Å². The van der Waals surface area contributed by atoms with Gasteiger partial charge in [-0.25, -0.2) is 0 Å². The van der Waals surface area contributed by atoms with Crippen LogP contribution in [0.5, 0.6) is 5.75 Å². The normalized spacial score (nSPS) is 25.2. The van der Waals surface area contributed by atoms with Crippen LogP contribution in [0.25, 0.3) is 0 Å². The number of halogens is 1.